The topological polar surface area (TPSA) is 78.3 Å². The van der Waals surface area contributed by atoms with Crippen molar-refractivity contribution in [2.24, 2.45) is 5.73 Å². The van der Waals surface area contributed by atoms with Crippen LogP contribution in [-0.4, -0.2) is 5.91 Å². The van der Waals surface area contributed by atoms with Crippen molar-refractivity contribution in [3.8, 4) is 11.5 Å². The Morgan fingerprint density at radius 1 is 1.05 bits per heavy atom. The molecule has 2 rings (SSSR count). The maximum atomic E-state index is 13.0. The molecule has 2 aromatic carbocycles. The molecular weight excluding hydrogens is 285 g/mol. The number of carbonyl (C=O) groups is 1. The van der Waals surface area contributed by atoms with Gasteiger partial charge in [-0.05, 0) is 30.3 Å². The van der Waals surface area contributed by atoms with E-state index in [2.05, 4.69) is 0 Å². The summed E-state index contributed by atoms with van der Waals surface area (Å²) in [5, 5.41) is 0. The predicted molar refractivity (Wildman–Crippen MR) is 70.9 cm³/mol. The molecule has 0 saturated carbocycles. The number of ether oxygens (including phenoxy) is 1. The molecule has 110 valence electrons. The van der Waals surface area contributed by atoms with Gasteiger partial charge in [0.05, 0.1) is 11.3 Å². The molecule has 0 aliphatic heterocycles. The zero-order valence-corrected chi connectivity index (χ0v) is 10.6. The zero-order valence-electron chi connectivity index (χ0n) is 10.6. The average molecular weight is 296 g/mol. The van der Waals surface area contributed by atoms with Crippen molar-refractivity contribution in [3.05, 3.63) is 53.6 Å². The first-order chi connectivity index (χ1) is 9.79. The monoisotopic (exact) mass is 296 g/mol. The van der Waals surface area contributed by atoms with Crippen molar-refractivity contribution >= 4 is 11.6 Å². The van der Waals surface area contributed by atoms with Gasteiger partial charge in [0.2, 0.25) is 5.91 Å². The third-order valence-corrected chi connectivity index (χ3v) is 2.71. The number of alkyl halides is 3. The molecule has 21 heavy (non-hydrogen) atoms. The summed E-state index contributed by atoms with van der Waals surface area (Å²) in [4.78, 5) is 11.0. The van der Waals surface area contributed by atoms with Gasteiger partial charge in [-0.1, -0.05) is 12.1 Å². The number of para-hydroxylation sites is 2. The molecule has 0 unspecified atom stereocenters. The van der Waals surface area contributed by atoms with E-state index in [4.69, 9.17) is 16.2 Å². The van der Waals surface area contributed by atoms with Crippen LogP contribution in [0.4, 0.5) is 18.9 Å². The maximum absolute atomic E-state index is 13.0. The third kappa shape index (κ3) is 3.25. The highest BCUT2D eigenvalue weighted by Gasteiger charge is 2.35. The summed E-state index contributed by atoms with van der Waals surface area (Å²) in [5.74, 6) is -1.31. The predicted octanol–water partition coefficient (Wildman–Crippen LogP) is 3.18. The van der Waals surface area contributed by atoms with Crippen molar-refractivity contribution in [1.82, 2.24) is 0 Å². The minimum absolute atomic E-state index is 0.0924. The smallest absolute Gasteiger partial charge is 0.420 e. The summed E-state index contributed by atoms with van der Waals surface area (Å²) in [7, 11) is 0. The molecule has 0 spiro atoms. The molecule has 1 amide bonds. The molecule has 0 heterocycles. The lowest BCUT2D eigenvalue weighted by molar-refractivity contribution is -0.138. The third-order valence-electron chi connectivity index (χ3n) is 2.71. The van der Waals surface area contributed by atoms with E-state index < -0.39 is 23.4 Å². The van der Waals surface area contributed by atoms with Gasteiger partial charge in [0, 0.05) is 5.56 Å². The van der Waals surface area contributed by atoms with Crippen LogP contribution in [0.15, 0.2) is 42.5 Å². The van der Waals surface area contributed by atoms with Crippen molar-refractivity contribution in [3.63, 3.8) is 0 Å². The number of benzene rings is 2. The number of primary amides is 1. The molecule has 0 saturated heterocycles. The number of rotatable bonds is 3. The van der Waals surface area contributed by atoms with Crippen LogP contribution in [0.3, 0.4) is 0 Å². The first-order valence-corrected chi connectivity index (χ1v) is 5.82. The highest BCUT2D eigenvalue weighted by molar-refractivity contribution is 5.93. The summed E-state index contributed by atoms with van der Waals surface area (Å²) < 4.78 is 44.3. The average Bonchev–Trinajstić information content (AvgIpc) is 2.40. The maximum Gasteiger partial charge on any atom is 0.420 e. The molecule has 0 aromatic heterocycles. The molecular formula is C14H11F3N2O2. The second-order valence-corrected chi connectivity index (χ2v) is 4.21. The summed E-state index contributed by atoms with van der Waals surface area (Å²) in [6, 6.07) is 9.00. The van der Waals surface area contributed by atoms with E-state index in [1.807, 2.05) is 0 Å². The lowest BCUT2D eigenvalue weighted by Gasteiger charge is -2.15. The summed E-state index contributed by atoms with van der Waals surface area (Å²) in [6.45, 7) is 0. The summed E-state index contributed by atoms with van der Waals surface area (Å²) >= 11 is 0. The fourth-order valence-corrected chi connectivity index (χ4v) is 1.69. The van der Waals surface area contributed by atoms with Gasteiger partial charge in [-0.25, -0.2) is 0 Å². The molecule has 0 radical (unpaired) electrons. The molecule has 0 aliphatic carbocycles. The Morgan fingerprint density at radius 2 is 1.71 bits per heavy atom. The van der Waals surface area contributed by atoms with Crippen LogP contribution in [-0.2, 0) is 6.18 Å². The molecule has 7 heteroatoms. The van der Waals surface area contributed by atoms with Crippen LogP contribution in [0.25, 0.3) is 0 Å². The number of halogens is 3. The van der Waals surface area contributed by atoms with E-state index in [0.29, 0.717) is 6.07 Å². The summed E-state index contributed by atoms with van der Waals surface area (Å²) in [6.07, 6.45) is -4.69. The van der Waals surface area contributed by atoms with Crippen molar-refractivity contribution in [2.45, 2.75) is 6.18 Å². The highest BCUT2D eigenvalue weighted by Crippen LogP contribution is 2.39. The molecule has 0 aliphatic rings. The molecule has 0 bridgehead atoms. The van der Waals surface area contributed by atoms with Crippen LogP contribution in [0.5, 0.6) is 11.5 Å². The second-order valence-electron chi connectivity index (χ2n) is 4.21. The standard InChI is InChI=1S/C14H11F3N2O2/c15-14(16,17)9-7-8(13(19)20)5-6-11(9)21-12-4-2-1-3-10(12)18/h1-7H,18H2,(H2,19,20). The van der Waals surface area contributed by atoms with Crippen molar-refractivity contribution in [2.75, 3.05) is 5.73 Å². The lowest BCUT2D eigenvalue weighted by Crippen LogP contribution is -2.14. The first kappa shape index (κ1) is 14.7. The Hall–Kier alpha value is -2.70. The van der Waals surface area contributed by atoms with Gasteiger partial charge < -0.3 is 16.2 Å². The zero-order chi connectivity index (χ0) is 15.6. The fraction of sp³-hybridized carbons (Fsp3) is 0.0714. The Morgan fingerprint density at radius 3 is 2.29 bits per heavy atom. The van der Waals surface area contributed by atoms with Gasteiger partial charge in [0.15, 0.2) is 0 Å². The summed E-state index contributed by atoms with van der Waals surface area (Å²) in [5.41, 5.74) is 9.46. The number of hydrogen-bond acceptors (Lipinski definition) is 3. The van der Waals surface area contributed by atoms with Gasteiger partial charge in [0.25, 0.3) is 0 Å². The normalized spacial score (nSPS) is 11.2. The lowest BCUT2D eigenvalue weighted by atomic mass is 10.1. The first-order valence-electron chi connectivity index (χ1n) is 5.82. The molecule has 0 fully saturated rings. The minimum Gasteiger partial charge on any atom is -0.455 e. The van der Waals surface area contributed by atoms with Gasteiger partial charge in [-0.2, -0.15) is 13.2 Å². The van der Waals surface area contributed by atoms with Gasteiger partial charge >= 0.3 is 6.18 Å². The van der Waals surface area contributed by atoms with E-state index in [0.717, 1.165) is 12.1 Å². The Kier molecular flexibility index (Phi) is 3.75. The van der Waals surface area contributed by atoms with E-state index in [9.17, 15) is 18.0 Å². The largest absolute Gasteiger partial charge is 0.455 e. The number of nitrogens with two attached hydrogens (primary N) is 2. The van der Waals surface area contributed by atoms with Crippen LogP contribution in [0.2, 0.25) is 0 Å². The number of nitrogen functional groups attached to an aromatic ring is 1. The Balaban J connectivity index is 2.48. The van der Waals surface area contributed by atoms with E-state index in [-0.39, 0.29) is 17.0 Å². The number of hydrogen-bond donors (Lipinski definition) is 2. The van der Waals surface area contributed by atoms with E-state index in [1.165, 1.54) is 12.1 Å². The molecule has 4 nitrogen and oxygen atoms in total. The van der Waals surface area contributed by atoms with Crippen LogP contribution >= 0.6 is 0 Å². The second kappa shape index (κ2) is 5.35. The van der Waals surface area contributed by atoms with Gasteiger partial charge in [-0.3, -0.25) is 4.79 Å². The van der Waals surface area contributed by atoms with Crippen LogP contribution < -0.4 is 16.2 Å². The van der Waals surface area contributed by atoms with Crippen LogP contribution in [0, 0.1) is 0 Å². The van der Waals surface area contributed by atoms with Gasteiger partial charge in [-0.15, -0.1) is 0 Å². The molecule has 0 atom stereocenters. The van der Waals surface area contributed by atoms with Gasteiger partial charge in [0.1, 0.15) is 11.5 Å². The minimum atomic E-state index is -4.69. The highest BCUT2D eigenvalue weighted by atomic mass is 19.4. The SMILES string of the molecule is NC(=O)c1ccc(Oc2ccccc2N)c(C(F)(F)F)c1. The Labute approximate surface area is 118 Å². The molecule has 4 N–H and O–H groups in total. The van der Waals surface area contributed by atoms with E-state index >= 15 is 0 Å². The van der Waals surface area contributed by atoms with Crippen LogP contribution in [0.1, 0.15) is 15.9 Å². The Bertz CT molecular complexity index is 684. The number of anilines is 1. The van der Waals surface area contributed by atoms with E-state index in [1.54, 1.807) is 12.1 Å². The number of amides is 1. The number of carbonyl (C=O) groups excluding carboxylic acids is 1. The van der Waals surface area contributed by atoms with Crippen molar-refractivity contribution < 1.29 is 22.7 Å². The fourth-order valence-electron chi connectivity index (χ4n) is 1.69. The quantitative estimate of drug-likeness (QED) is 0.854. The van der Waals surface area contributed by atoms with Crippen molar-refractivity contribution in [1.29, 1.82) is 0 Å². The molecule has 2 aromatic rings.